The van der Waals surface area contributed by atoms with E-state index in [1.54, 1.807) is 26.2 Å². The zero-order valence-electron chi connectivity index (χ0n) is 12.8. The fourth-order valence-corrected chi connectivity index (χ4v) is 2.41. The summed E-state index contributed by atoms with van der Waals surface area (Å²) in [5, 5.41) is 19.4. The molecule has 0 radical (unpaired) electrons. The van der Waals surface area contributed by atoms with Crippen molar-refractivity contribution in [2.75, 3.05) is 26.8 Å². The molecule has 0 aliphatic rings. The lowest BCUT2D eigenvalue weighted by molar-refractivity contribution is -0.131. The molecule has 0 aliphatic carbocycles. The fourth-order valence-electron chi connectivity index (χ4n) is 2.41. The lowest BCUT2D eigenvalue weighted by Gasteiger charge is -2.30. The molecule has 3 N–H and O–H groups in total. The molecule has 1 aromatic carbocycles. The number of amides is 1. The Labute approximate surface area is 128 Å². The zero-order valence-corrected chi connectivity index (χ0v) is 12.8. The number of fused-ring (bicyclic) bond motifs is 1. The number of aromatic amines is 1. The molecule has 120 valence electrons. The predicted octanol–water partition coefficient (Wildman–Crippen LogP) is 1.30. The number of hydrogen-bond acceptors (Lipinski definition) is 3. The minimum atomic E-state index is -0.728. The summed E-state index contributed by atoms with van der Waals surface area (Å²) in [5.74, 6) is -0.454. The van der Waals surface area contributed by atoms with Crippen molar-refractivity contribution in [3.63, 3.8) is 0 Å². The molecule has 1 amide bonds. The maximum absolute atomic E-state index is 13.2. The Balaban J connectivity index is 2.10. The normalized spacial score (nSPS) is 11.9. The smallest absolute Gasteiger partial charge is 0.226 e. The number of H-pyrrole nitrogens is 1. The van der Waals surface area contributed by atoms with Gasteiger partial charge in [0, 0.05) is 36.1 Å². The minimum absolute atomic E-state index is 0.127. The number of aliphatic hydroxyl groups excluding tert-OH is 2. The third-order valence-corrected chi connectivity index (χ3v) is 3.88. The number of carbonyl (C=O) groups excluding carboxylic acids is 1. The number of rotatable bonds is 6. The number of nitrogens with one attached hydrogen (secondary N) is 1. The third kappa shape index (κ3) is 3.45. The number of aliphatic hydroxyl groups is 2. The van der Waals surface area contributed by atoms with Gasteiger partial charge in [0.05, 0.1) is 19.6 Å². The van der Waals surface area contributed by atoms with Crippen molar-refractivity contribution in [2.45, 2.75) is 13.3 Å². The first-order valence-corrected chi connectivity index (χ1v) is 7.10. The molecule has 22 heavy (non-hydrogen) atoms. The van der Waals surface area contributed by atoms with E-state index in [4.69, 9.17) is 0 Å². The first kappa shape index (κ1) is 16.5. The van der Waals surface area contributed by atoms with E-state index in [-0.39, 0.29) is 37.9 Å². The second-order valence-electron chi connectivity index (χ2n) is 6.06. The average molecular weight is 308 g/mol. The highest BCUT2D eigenvalue weighted by molar-refractivity contribution is 5.88. The van der Waals surface area contributed by atoms with Crippen molar-refractivity contribution in [3.05, 3.63) is 35.8 Å². The van der Waals surface area contributed by atoms with Crippen LogP contribution in [0.15, 0.2) is 24.4 Å². The monoisotopic (exact) mass is 308 g/mol. The number of benzene rings is 1. The van der Waals surface area contributed by atoms with Crippen LogP contribution in [0, 0.1) is 11.2 Å². The van der Waals surface area contributed by atoms with Gasteiger partial charge in [-0.15, -0.1) is 0 Å². The lowest BCUT2D eigenvalue weighted by Crippen LogP contribution is -2.42. The summed E-state index contributed by atoms with van der Waals surface area (Å²) in [4.78, 5) is 16.8. The van der Waals surface area contributed by atoms with Gasteiger partial charge in [-0.3, -0.25) is 4.79 Å². The van der Waals surface area contributed by atoms with Crippen LogP contribution in [0.25, 0.3) is 10.9 Å². The van der Waals surface area contributed by atoms with Crippen molar-refractivity contribution in [1.82, 2.24) is 9.88 Å². The van der Waals surface area contributed by atoms with E-state index >= 15 is 0 Å². The van der Waals surface area contributed by atoms with Crippen LogP contribution in [0.3, 0.4) is 0 Å². The zero-order chi connectivity index (χ0) is 16.3. The molecule has 0 atom stereocenters. The minimum Gasteiger partial charge on any atom is -0.396 e. The molecular formula is C16H21FN2O3. The molecule has 1 aromatic heterocycles. The second-order valence-corrected chi connectivity index (χ2v) is 6.06. The highest BCUT2D eigenvalue weighted by atomic mass is 19.1. The second kappa shape index (κ2) is 6.46. The van der Waals surface area contributed by atoms with Crippen LogP contribution >= 0.6 is 0 Å². The molecule has 2 rings (SSSR count). The van der Waals surface area contributed by atoms with Crippen molar-refractivity contribution >= 4 is 16.8 Å². The molecule has 0 aliphatic heterocycles. The van der Waals surface area contributed by atoms with Gasteiger partial charge in [0.1, 0.15) is 5.82 Å². The molecule has 0 unspecified atom stereocenters. The molecule has 5 nitrogen and oxygen atoms in total. The Hall–Kier alpha value is -1.92. The van der Waals surface area contributed by atoms with Crippen LogP contribution in [-0.2, 0) is 11.2 Å². The molecule has 2 aromatic rings. The summed E-state index contributed by atoms with van der Waals surface area (Å²) >= 11 is 0. The summed E-state index contributed by atoms with van der Waals surface area (Å²) < 4.78 is 13.2. The topological polar surface area (TPSA) is 76.6 Å². The molecular weight excluding hydrogens is 287 g/mol. The van der Waals surface area contributed by atoms with Crippen molar-refractivity contribution in [2.24, 2.45) is 5.41 Å². The van der Waals surface area contributed by atoms with E-state index in [0.29, 0.717) is 5.52 Å². The summed E-state index contributed by atoms with van der Waals surface area (Å²) in [6.07, 6.45) is 1.88. The molecule has 6 heteroatoms. The van der Waals surface area contributed by atoms with Gasteiger partial charge in [-0.25, -0.2) is 4.39 Å². The number of likely N-dealkylation sites (N-methyl/N-ethyl adjacent to an activating group) is 1. The average Bonchev–Trinajstić information content (AvgIpc) is 2.89. The molecule has 0 saturated heterocycles. The van der Waals surface area contributed by atoms with Gasteiger partial charge in [0.15, 0.2) is 0 Å². The summed E-state index contributed by atoms with van der Waals surface area (Å²) in [6.45, 7) is 1.57. The number of carbonyl (C=O) groups is 1. The Morgan fingerprint density at radius 2 is 2.05 bits per heavy atom. The number of hydrogen-bond donors (Lipinski definition) is 3. The maximum Gasteiger partial charge on any atom is 0.226 e. The van der Waals surface area contributed by atoms with Gasteiger partial charge in [-0.1, -0.05) is 6.92 Å². The number of nitrogens with zero attached hydrogens (tertiary/aromatic N) is 1. The summed E-state index contributed by atoms with van der Waals surface area (Å²) in [7, 11) is 1.64. The van der Waals surface area contributed by atoms with Gasteiger partial charge < -0.3 is 20.1 Å². The van der Waals surface area contributed by atoms with E-state index < -0.39 is 5.41 Å². The van der Waals surface area contributed by atoms with Gasteiger partial charge in [-0.05, 0) is 23.8 Å². The van der Waals surface area contributed by atoms with Crippen LogP contribution in [0.1, 0.15) is 12.5 Å². The van der Waals surface area contributed by atoms with Crippen LogP contribution in [0.2, 0.25) is 0 Å². The van der Waals surface area contributed by atoms with Crippen LogP contribution < -0.4 is 0 Å². The van der Waals surface area contributed by atoms with Crippen LogP contribution in [-0.4, -0.2) is 52.8 Å². The third-order valence-electron chi connectivity index (χ3n) is 3.88. The lowest BCUT2D eigenvalue weighted by atomic mass is 9.92. The van der Waals surface area contributed by atoms with Crippen LogP contribution in [0.4, 0.5) is 4.39 Å². The summed E-state index contributed by atoms with van der Waals surface area (Å²) in [6, 6.07) is 4.40. The molecule has 0 saturated carbocycles. The highest BCUT2D eigenvalue weighted by Gasteiger charge is 2.26. The fraction of sp³-hybridized carbons (Fsp3) is 0.438. The maximum atomic E-state index is 13.2. The Morgan fingerprint density at radius 1 is 1.36 bits per heavy atom. The quantitative estimate of drug-likeness (QED) is 0.753. The first-order chi connectivity index (χ1) is 10.4. The Morgan fingerprint density at radius 3 is 2.68 bits per heavy atom. The van der Waals surface area contributed by atoms with E-state index in [9.17, 15) is 19.4 Å². The van der Waals surface area contributed by atoms with E-state index in [1.165, 1.54) is 17.0 Å². The summed E-state index contributed by atoms with van der Waals surface area (Å²) in [5.41, 5.74) is 0.718. The van der Waals surface area contributed by atoms with E-state index in [2.05, 4.69) is 4.98 Å². The van der Waals surface area contributed by atoms with Gasteiger partial charge in [0.25, 0.3) is 0 Å². The molecule has 0 fully saturated rings. The first-order valence-electron chi connectivity index (χ1n) is 7.10. The van der Waals surface area contributed by atoms with Gasteiger partial charge in [-0.2, -0.15) is 0 Å². The van der Waals surface area contributed by atoms with Crippen LogP contribution in [0.5, 0.6) is 0 Å². The van der Waals surface area contributed by atoms with Gasteiger partial charge in [0.2, 0.25) is 5.91 Å². The van der Waals surface area contributed by atoms with E-state index in [0.717, 1.165) is 10.9 Å². The van der Waals surface area contributed by atoms with Crippen molar-refractivity contribution < 1.29 is 19.4 Å². The largest absolute Gasteiger partial charge is 0.396 e. The Bertz CT molecular complexity index is 664. The number of halogens is 1. The SMILES string of the molecule is CN(CC(C)(CO)CO)C(=O)Cc1c[nH]c2cc(F)ccc12. The number of aromatic nitrogens is 1. The highest BCUT2D eigenvalue weighted by Crippen LogP contribution is 2.21. The Kier molecular flexibility index (Phi) is 4.83. The van der Waals surface area contributed by atoms with Crippen molar-refractivity contribution in [1.29, 1.82) is 0 Å². The standard InChI is InChI=1S/C16H21FN2O3/c1-16(9-20,10-21)8-19(2)15(22)5-11-7-18-14-6-12(17)3-4-13(11)14/h3-4,6-7,18,20-21H,5,8-10H2,1-2H3. The van der Waals surface area contributed by atoms with Gasteiger partial charge >= 0.3 is 0 Å². The molecule has 1 heterocycles. The predicted molar refractivity (Wildman–Crippen MR) is 81.9 cm³/mol. The molecule has 0 bridgehead atoms. The van der Waals surface area contributed by atoms with Crippen molar-refractivity contribution in [3.8, 4) is 0 Å². The van der Waals surface area contributed by atoms with E-state index in [1.807, 2.05) is 0 Å². The molecule has 0 spiro atoms.